The van der Waals surface area contributed by atoms with Crippen LogP contribution in [0.25, 0.3) is 10.6 Å². The smallest absolute Gasteiger partial charge is 0.216 e. The van der Waals surface area contributed by atoms with Gasteiger partial charge in [-0.05, 0) is 27.4 Å². The van der Waals surface area contributed by atoms with Crippen LogP contribution in [0.1, 0.15) is 5.89 Å². The third-order valence-corrected chi connectivity index (χ3v) is 3.51. The first-order valence-electron chi connectivity index (χ1n) is 4.98. The lowest BCUT2D eigenvalue weighted by Gasteiger charge is -1.95. The number of hydrogen-bond donors (Lipinski definition) is 0. The molecule has 0 fully saturated rings. The quantitative estimate of drug-likeness (QED) is 0.744. The van der Waals surface area contributed by atoms with Crippen LogP contribution in [0.15, 0.2) is 45.0 Å². The summed E-state index contributed by atoms with van der Waals surface area (Å²) in [5, 5.41) is 6.17. The molecule has 3 aromatic rings. The molecule has 6 heteroatoms. The van der Waals surface area contributed by atoms with E-state index in [1.807, 2.05) is 23.7 Å². The summed E-state index contributed by atoms with van der Waals surface area (Å²) < 4.78 is 8.38. The molecule has 0 aromatic carbocycles. The Bertz CT molecular complexity index is 614. The van der Waals surface area contributed by atoms with Gasteiger partial charge in [0.05, 0.1) is 21.7 Å². The molecule has 86 valence electrons. The molecule has 17 heavy (non-hydrogen) atoms. The van der Waals surface area contributed by atoms with Crippen LogP contribution in [-0.2, 0) is 6.54 Å². The second-order valence-corrected chi connectivity index (χ2v) is 5.32. The van der Waals surface area contributed by atoms with Crippen LogP contribution >= 0.6 is 27.3 Å². The number of hydrogen-bond acceptors (Lipinski definition) is 4. The molecule has 0 aliphatic heterocycles. The van der Waals surface area contributed by atoms with Crippen molar-refractivity contribution in [2.24, 2.45) is 0 Å². The predicted molar refractivity (Wildman–Crippen MR) is 68.8 cm³/mol. The van der Waals surface area contributed by atoms with E-state index in [0.29, 0.717) is 12.4 Å². The van der Waals surface area contributed by atoms with Crippen LogP contribution in [0, 0.1) is 0 Å². The van der Waals surface area contributed by atoms with Crippen molar-refractivity contribution in [3.63, 3.8) is 0 Å². The van der Waals surface area contributed by atoms with Gasteiger partial charge in [-0.2, -0.15) is 5.10 Å². The fraction of sp³-hybridized carbons (Fsp3) is 0.0909. The maximum absolute atomic E-state index is 5.66. The standard InChI is InChI=1S/C11H8BrN3OS/c12-8-4-14-15(6-8)7-11-13-5-9(16-11)10-2-1-3-17-10/h1-6H,7H2. The van der Waals surface area contributed by atoms with Crippen molar-refractivity contribution in [2.45, 2.75) is 6.54 Å². The van der Waals surface area contributed by atoms with Gasteiger partial charge in [0.25, 0.3) is 0 Å². The number of rotatable bonds is 3. The van der Waals surface area contributed by atoms with E-state index in [-0.39, 0.29) is 0 Å². The molecule has 0 saturated carbocycles. The molecule has 3 heterocycles. The fourth-order valence-corrected chi connectivity index (χ4v) is 2.48. The maximum atomic E-state index is 5.66. The van der Waals surface area contributed by atoms with E-state index < -0.39 is 0 Å². The van der Waals surface area contributed by atoms with Gasteiger partial charge in [-0.3, -0.25) is 4.68 Å². The first kappa shape index (κ1) is 10.7. The molecule has 4 nitrogen and oxygen atoms in total. The van der Waals surface area contributed by atoms with Gasteiger partial charge in [0.1, 0.15) is 6.54 Å². The molecular formula is C11H8BrN3OS. The molecule has 0 N–H and O–H groups in total. The van der Waals surface area contributed by atoms with Gasteiger partial charge in [0, 0.05) is 6.20 Å². The van der Waals surface area contributed by atoms with E-state index in [1.165, 1.54) is 0 Å². The van der Waals surface area contributed by atoms with Crippen LogP contribution in [0.4, 0.5) is 0 Å². The normalized spacial score (nSPS) is 10.9. The highest BCUT2D eigenvalue weighted by atomic mass is 79.9. The van der Waals surface area contributed by atoms with E-state index in [2.05, 4.69) is 26.0 Å². The zero-order valence-electron chi connectivity index (χ0n) is 8.71. The summed E-state index contributed by atoms with van der Waals surface area (Å²) in [5.74, 6) is 1.46. The van der Waals surface area contributed by atoms with Crippen molar-refractivity contribution in [1.29, 1.82) is 0 Å². The fourth-order valence-electron chi connectivity index (χ4n) is 1.48. The number of nitrogens with zero attached hydrogens (tertiary/aromatic N) is 3. The number of aromatic nitrogens is 3. The number of halogens is 1. The molecule has 0 saturated heterocycles. The highest BCUT2D eigenvalue weighted by Crippen LogP contribution is 2.25. The highest BCUT2D eigenvalue weighted by molar-refractivity contribution is 9.10. The molecule has 0 spiro atoms. The van der Waals surface area contributed by atoms with Gasteiger partial charge in [-0.25, -0.2) is 4.98 Å². The van der Waals surface area contributed by atoms with Crippen molar-refractivity contribution in [2.75, 3.05) is 0 Å². The number of oxazole rings is 1. The number of thiophene rings is 1. The molecule has 3 rings (SSSR count). The minimum atomic E-state index is 0.539. The summed E-state index contributed by atoms with van der Waals surface area (Å²) in [4.78, 5) is 5.33. The zero-order chi connectivity index (χ0) is 11.7. The van der Waals surface area contributed by atoms with Crippen molar-refractivity contribution in [3.05, 3.63) is 46.5 Å². The zero-order valence-corrected chi connectivity index (χ0v) is 11.1. The molecule has 0 radical (unpaired) electrons. The van der Waals surface area contributed by atoms with E-state index >= 15 is 0 Å². The van der Waals surface area contributed by atoms with Gasteiger partial charge >= 0.3 is 0 Å². The lowest BCUT2D eigenvalue weighted by Crippen LogP contribution is -1.99. The van der Waals surface area contributed by atoms with Gasteiger partial charge in [0.15, 0.2) is 5.76 Å². The second kappa shape index (κ2) is 4.46. The topological polar surface area (TPSA) is 43.9 Å². The molecule has 0 unspecified atom stereocenters. The first-order chi connectivity index (χ1) is 8.31. The molecule has 0 aliphatic carbocycles. The van der Waals surface area contributed by atoms with Crippen LogP contribution < -0.4 is 0 Å². The second-order valence-electron chi connectivity index (χ2n) is 3.45. The monoisotopic (exact) mass is 309 g/mol. The lowest BCUT2D eigenvalue weighted by atomic mass is 10.4. The third kappa shape index (κ3) is 2.32. The Morgan fingerprint density at radius 3 is 3.06 bits per heavy atom. The van der Waals surface area contributed by atoms with Crippen molar-refractivity contribution in [3.8, 4) is 10.6 Å². The van der Waals surface area contributed by atoms with Crippen LogP contribution in [0.2, 0.25) is 0 Å². The minimum absolute atomic E-state index is 0.539. The molecular weight excluding hydrogens is 302 g/mol. The first-order valence-corrected chi connectivity index (χ1v) is 6.65. The Morgan fingerprint density at radius 2 is 2.35 bits per heavy atom. The van der Waals surface area contributed by atoms with Crippen molar-refractivity contribution in [1.82, 2.24) is 14.8 Å². The van der Waals surface area contributed by atoms with E-state index in [1.54, 1.807) is 28.4 Å². The van der Waals surface area contributed by atoms with Gasteiger partial charge in [0.2, 0.25) is 5.89 Å². The Hall–Kier alpha value is -1.40. The van der Waals surface area contributed by atoms with Crippen LogP contribution in [0.5, 0.6) is 0 Å². The van der Waals surface area contributed by atoms with E-state index in [0.717, 1.165) is 15.1 Å². The largest absolute Gasteiger partial charge is 0.438 e. The SMILES string of the molecule is Brc1cnn(Cc2ncc(-c3cccs3)o2)c1. The lowest BCUT2D eigenvalue weighted by molar-refractivity contribution is 0.475. The minimum Gasteiger partial charge on any atom is -0.438 e. The van der Waals surface area contributed by atoms with Gasteiger partial charge in [-0.1, -0.05) is 6.07 Å². The van der Waals surface area contributed by atoms with Gasteiger partial charge < -0.3 is 4.42 Å². The summed E-state index contributed by atoms with van der Waals surface area (Å²) in [5.41, 5.74) is 0. The van der Waals surface area contributed by atoms with Gasteiger partial charge in [-0.15, -0.1) is 11.3 Å². The molecule has 0 bridgehead atoms. The average Bonchev–Trinajstić information content (AvgIpc) is 3.00. The van der Waals surface area contributed by atoms with Crippen LogP contribution in [-0.4, -0.2) is 14.8 Å². The Morgan fingerprint density at radius 1 is 1.41 bits per heavy atom. The summed E-state index contributed by atoms with van der Waals surface area (Å²) in [7, 11) is 0. The maximum Gasteiger partial charge on any atom is 0.216 e. The Balaban J connectivity index is 1.81. The molecule has 0 amide bonds. The predicted octanol–water partition coefficient (Wildman–Crippen LogP) is 3.41. The Labute approximate surface area is 110 Å². The van der Waals surface area contributed by atoms with Crippen LogP contribution in [0.3, 0.4) is 0 Å². The van der Waals surface area contributed by atoms with Crippen molar-refractivity contribution >= 4 is 27.3 Å². The van der Waals surface area contributed by atoms with E-state index in [9.17, 15) is 0 Å². The summed E-state index contributed by atoms with van der Waals surface area (Å²) in [6.45, 7) is 0.539. The van der Waals surface area contributed by atoms with E-state index in [4.69, 9.17) is 4.42 Å². The summed E-state index contributed by atoms with van der Waals surface area (Å²) in [6, 6.07) is 4.01. The molecule has 3 aromatic heterocycles. The average molecular weight is 310 g/mol. The highest BCUT2D eigenvalue weighted by Gasteiger charge is 2.08. The molecule has 0 aliphatic rings. The summed E-state index contributed by atoms with van der Waals surface area (Å²) >= 11 is 4.99. The Kier molecular flexibility index (Phi) is 2.82. The molecule has 0 atom stereocenters. The summed E-state index contributed by atoms with van der Waals surface area (Å²) in [6.07, 6.45) is 5.37. The van der Waals surface area contributed by atoms with Crippen molar-refractivity contribution < 1.29 is 4.42 Å². The third-order valence-electron chi connectivity index (χ3n) is 2.22.